The normalized spacial score (nSPS) is 10.3. The van der Waals surface area contributed by atoms with E-state index in [0.717, 1.165) is 4.57 Å². The molecule has 1 heterocycles. The van der Waals surface area contributed by atoms with Crippen molar-refractivity contribution < 1.29 is 4.74 Å². The lowest BCUT2D eigenvalue weighted by Crippen LogP contribution is -2.36. The molecule has 0 radical (unpaired) electrons. The Kier molecular flexibility index (Phi) is 3.44. The summed E-state index contributed by atoms with van der Waals surface area (Å²) in [4.78, 5) is 24.9. The lowest BCUT2D eigenvalue weighted by Gasteiger charge is -2.02. The van der Waals surface area contributed by atoms with E-state index in [9.17, 15) is 9.59 Å². The minimum Gasteiger partial charge on any atom is -0.383 e. The third-order valence-electron chi connectivity index (χ3n) is 1.54. The largest absolute Gasteiger partial charge is 0.383 e. The number of H-pyrrole nitrogens is 1. The lowest BCUT2D eigenvalue weighted by molar-refractivity contribution is 0.184. The summed E-state index contributed by atoms with van der Waals surface area (Å²) in [5.74, 6) is 0. The number of hydrogen-bond donors (Lipinski definition) is 1. The molecular weight excluding hydrogens is 240 g/mol. The minimum absolute atomic E-state index is 0.254. The lowest BCUT2D eigenvalue weighted by atomic mass is 10.6. The van der Waals surface area contributed by atoms with Crippen molar-refractivity contribution in [3.63, 3.8) is 0 Å². The summed E-state index contributed by atoms with van der Waals surface area (Å²) >= 11 is 3.03. The summed E-state index contributed by atoms with van der Waals surface area (Å²) in [5, 5.41) is 0. The number of aromatic nitrogens is 2. The average molecular weight is 249 g/mol. The third-order valence-corrected chi connectivity index (χ3v) is 2.10. The Morgan fingerprint density at radius 3 is 2.92 bits per heavy atom. The van der Waals surface area contributed by atoms with Gasteiger partial charge in [-0.1, -0.05) is 0 Å². The van der Waals surface area contributed by atoms with Crippen molar-refractivity contribution in [2.75, 3.05) is 13.7 Å². The first kappa shape index (κ1) is 10.2. The number of rotatable bonds is 3. The van der Waals surface area contributed by atoms with Crippen molar-refractivity contribution in [3.8, 4) is 0 Å². The van der Waals surface area contributed by atoms with E-state index in [1.807, 2.05) is 0 Å². The van der Waals surface area contributed by atoms with Crippen LogP contribution in [0.1, 0.15) is 0 Å². The number of hydrogen-bond acceptors (Lipinski definition) is 3. The molecule has 1 aromatic rings. The average Bonchev–Trinajstić information content (AvgIpc) is 2.12. The molecule has 5 nitrogen and oxygen atoms in total. The SMILES string of the molecule is COCCn1c(=O)[nH]cc(Br)c1=O. The summed E-state index contributed by atoms with van der Waals surface area (Å²) in [6.45, 7) is 0.587. The molecule has 0 amide bonds. The Morgan fingerprint density at radius 1 is 1.62 bits per heavy atom. The van der Waals surface area contributed by atoms with E-state index >= 15 is 0 Å². The highest BCUT2D eigenvalue weighted by Gasteiger charge is 2.03. The number of methoxy groups -OCH3 is 1. The second-order valence-corrected chi connectivity index (χ2v) is 3.25. The number of aromatic amines is 1. The molecular formula is C7H9BrN2O3. The van der Waals surface area contributed by atoms with Crippen LogP contribution in [0.2, 0.25) is 0 Å². The Bertz CT molecular complexity index is 395. The quantitative estimate of drug-likeness (QED) is 0.816. The van der Waals surface area contributed by atoms with E-state index in [0.29, 0.717) is 11.1 Å². The number of nitrogens with zero attached hydrogens (tertiary/aromatic N) is 1. The van der Waals surface area contributed by atoms with Crippen LogP contribution in [-0.4, -0.2) is 23.3 Å². The predicted molar refractivity (Wildman–Crippen MR) is 50.9 cm³/mol. The molecule has 0 fully saturated rings. The van der Waals surface area contributed by atoms with Crippen LogP contribution in [0.15, 0.2) is 20.3 Å². The molecule has 1 rings (SSSR count). The van der Waals surface area contributed by atoms with Gasteiger partial charge in [-0.25, -0.2) is 4.79 Å². The number of ether oxygens (including phenoxy) is 1. The van der Waals surface area contributed by atoms with Gasteiger partial charge in [0.1, 0.15) is 0 Å². The predicted octanol–water partition coefficient (Wildman–Crippen LogP) is -0.0545. The highest BCUT2D eigenvalue weighted by atomic mass is 79.9. The molecule has 13 heavy (non-hydrogen) atoms. The summed E-state index contributed by atoms with van der Waals surface area (Å²) in [6, 6.07) is 0. The molecule has 1 N–H and O–H groups in total. The smallest absolute Gasteiger partial charge is 0.328 e. The fourth-order valence-electron chi connectivity index (χ4n) is 0.872. The Morgan fingerprint density at radius 2 is 2.31 bits per heavy atom. The van der Waals surface area contributed by atoms with Crippen molar-refractivity contribution in [2.45, 2.75) is 6.54 Å². The molecule has 0 aromatic carbocycles. The van der Waals surface area contributed by atoms with Gasteiger partial charge in [0.25, 0.3) is 5.56 Å². The van der Waals surface area contributed by atoms with Crippen LogP contribution in [0, 0.1) is 0 Å². The highest BCUT2D eigenvalue weighted by Crippen LogP contribution is 1.95. The maximum absolute atomic E-state index is 11.3. The molecule has 0 aliphatic rings. The van der Waals surface area contributed by atoms with Crippen molar-refractivity contribution in [2.24, 2.45) is 0 Å². The molecule has 0 saturated carbocycles. The van der Waals surface area contributed by atoms with Crippen molar-refractivity contribution in [1.82, 2.24) is 9.55 Å². The molecule has 0 aliphatic carbocycles. The summed E-state index contributed by atoms with van der Waals surface area (Å²) < 4.78 is 6.18. The molecule has 0 bridgehead atoms. The van der Waals surface area contributed by atoms with Gasteiger partial charge >= 0.3 is 5.69 Å². The van der Waals surface area contributed by atoms with Gasteiger partial charge in [-0.3, -0.25) is 9.36 Å². The molecule has 0 unspecified atom stereocenters. The second-order valence-electron chi connectivity index (χ2n) is 2.39. The Hall–Kier alpha value is -0.880. The number of nitrogens with one attached hydrogen (secondary N) is 1. The standard InChI is InChI=1S/C7H9BrN2O3/c1-13-3-2-10-6(11)5(8)4-9-7(10)12/h4H,2-3H2,1H3,(H,9,12). The van der Waals surface area contributed by atoms with Gasteiger partial charge in [-0.15, -0.1) is 0 Å². The Balaban J connectivity index is 3.11. The fraction of sp³-hybridized carbons (Fsp3) is 0.429. The van der Waals surface area contributed by atoms with E-state index in [4.69, 9.17) is 4.74 Å². The molecule has 0 spiro atoms. The first-order chi connectivity index (χ1) is 6.16. The zero-order valence-corrected chi connectivity index (χ0v) is 8.63. The number of halogens is 1. The molecule has 0 aliphatic heterocycles. The van der Waals surface area contributed by atoms with Gasteiger partial charge in [-0.05, 0) is 15.9 Å². The van der Waals surface area contributed by atoms with Crippen LogP contribution in [0.25, 0.3) is 0 Å². The third kappa shape index (κ3) is 2.28. The maximum Gasteiger partial charge on any atom is 0.328 e. The van der Waals surface area contributed by atoms with E-state index in [2.05, 4.69) is 20.9 Å². The van der Waals surface area contributed by atoms with E-state index < -0.39 is 5.69 Å². The second kappa shape index (κ2) is 4.38. The van der Waals surface area contributed by atoms with Crippen LogP contribution in [0.5, 0.6) is 0 Å². The molecule has 1 aromatic heterocycles. The first-order valence-corrected chi connectivity index (χ1v) is 4.43. The van der Waals surface area contributed by atoms with Gasteiger partial charge in [0.05, 0.1) is 17.6 Å². The zero-order valence-electron chi connectivity index (χ0n) is 7.04. The monoisotopic (exact) mass is 248 g/mol. The zero-order chi connectivity index (χ0) is 9.84. The van der Waals surface area contributed by atoms with Gasteiger partial charge in [0.15, 0.2) is 0 Å². The summed E-state index contributed by atoms with van der Waals surface area (Å²) in [7, 11) is 1.51. The van der Waals surface area contributed by atoms with Crippen LogP contribution < -0.4 is 11.2 Å². The molecule has 72 valence electrons. The fourth-order valence-corrected chi connectivity index (χ4v) is 1.20. The maximum atomic E-state index is 11.3. The minimum atomic E-state index is -0.426. The van der Waals surface area contributed by atoms with Crippen molar-refractivity contribution in [1.29, 1.82) is 0 Å². The molecule has 0 atom stereocenters. The highest BCUT2D eigenvalue weighted by molar-refractivity contribution is 9.10. The van der Waals surface area contributed by atoms with E-state index in [1.54, 1.807) is 0 Å². The summed E-state index contributed by atoms with van der Waals surface area (Å²) in [6.07, 6.45) is 1.33. The van der Waals surface area contributed by atoms with Crippen LogP contribution in [-0.2, 0) is 11.3 Å². The van der Waals surface area contributed by atoms with Crippen molar-refractivity contribution in [3.05, 3.63) is 31.5 Å². The van der Waals surface area contributed by atoms with Crippen LogP contribution in [0.3, 0.4) is 0 Å². The topological polar surface area (TPSA) is 64.1 Å². The summed E-state index contributed by atoms with van der Waals surface area (Å²) in [5.41, 5.74) is -0.772. The molecule has 6 heteroatoms. The van der Waals surface area contributed by atoms with Gasteiger partial charge < -0.3 is 9.72 Å². The van der Waals surface area contributed by atoms with Gasteiger partial charge in [0.2, 0.25) is 0 Å². The first-order valence-electron chi connectivity index (χ1n) is 3.63. The van der Waals surface area contributed by atoms with Gasteiger partial charge in [0, 0.05) is 13.3 Å². The van der Waals surface area contributed by atoms with E-state index in [-0.39, 0.29) is 12.1 Å². The molecule has 0 saturated heterocycles. The van der Waals surface area contributed by atoms with Crippen molar-refractivity contribution >= 4 is 15.9 Å². The van der Waals surface area contributed by atoms with Crippen LogP contribution >= 0.6 is 15.9 Å². The Labute approximate surface area is 82.5 Å². The van der Waals surface area contributed by atoms with E-state index in [1.165, 1.54) is 13.3 Å². The van der Waals surface area contributed by atoms with Gasteiger partial charge in [-0.2, -0.15) is 0 Å². The van der Waals surface area contributed by atoms with Crippen LogP contribution in [0.4, 0.5) is 0 Å².